The second-order valence-corrected chi connectivity index (χ2v) is 6.42. The maximum Gasteiger partial charge on any atom is 0.332 e. The number of carbonyl (C=O) groups excluding carboxylic acids is 1. The summed E-state index contributed by atoms with van der Waals surface area (Å²) < 4.78 is 2.34. The third kappa shape index (κ3) is 2.97. The van der Waals surface area contributed by atoms with Crippen LogP contribution in [0.2, 0.25) is 0 Å². The second-order valence-electron chi connectivity index (χ2n) is 6.42. The highest BCUT2D eigenvalue weighted by molar-refractivity contribution is 5.94. The van der Waals surface area contributed by atoms with E-state index >= 15 is 0 Å². The predicted molar refractivity (Wildman–Crippen MR) is 94.8 cm³/mol. The molecule has 3 heterocycles. The molecule has 3 rings (SSSR count). The molecule has 0 saturated carbocycles. The summed E-state index contributed by atoms with van der Waals surface area (Å²) in [7, 11) is 2.98. The molecule has 8 heteroatoms. The molecule has 1 saturated heterocycles. The maximum absolute atomic E-state index is 13.0. The molecule has 134 valence electrons. The van der Waals surface area contributed by atoms with Crippen molar-refractivity contribution in [3.63, 3.8) is 0 Å². The number of hydrogen-bond donors (Lipinski definition) is 1. The molecule has 2 aromatic heterocycles. The van der Waals surface area contributed by atoms with E-state index in [1.807, 2.05) is 11.8 Å². The summed E-state index contributed by atoms with van der Waals surface area (Å²) >= 11 is 0. The summed E-state index contributed by atoms with van der Waals surface area (Å²) in [4.78, 5) is 43.5. The van der Waals surface area contributed by atoms with E-state index in [0.717, 1.165) is 30.5 Å². The lowest BCUT2D eigenvalue weighted by atomic mass is 10.1. The van der Waals surface area contributed by atoms with Crippen molar-refractivity contribution in [1.82, 2.24) is 24.3 Å². The lowest BCUT2D eigenvalue weighted by molar-refractivity contribution is 0.0686. The van der Waals surface area contributed by atoms with Crippen molar-refractivity contribution in [3.8, 4) is 0 Å². The molecular weight excluding hydrogens is 322 g/mol. The highest BCUT2D eigenvalue weighted by Gasteiger charge is 2.27. The number of hydrogen-bond acceptors (Lipinski definition) is 5. The number of nitrogens with zero attached hydrogens (tertiary/aromatic N) is 4. The first-order chi connectivity index (χ1) is 12.0. The van der Waals surface area contributed by atoms with Gasteiger partial charge in [-0.1, -0.05) is 6.92 Å². The highest BCUT2D eigenvalue weighted by atomic mass is 16.2. The van der Waals surface area contributed by atoms with Crippen LogP contribution in [0, 0.1) is 0 Å². The van der Waals surface area contributed by atoms with Gasteiger partial charge >= 0.3 is 5.69 Å². The topological polar surface area (TPSA) is 89.2 Å². The van der Waals surface area contributed by atoms with Crippen LogP contribution in [0.1, 0.15) is 30.3 Å². The fourth-order valence-corrected chi connectivity index (χ4v) is 3.32. The molecule has 0 radical (unpaired) electrons. The quantitative estimate of drug-likeness (QED) is 0.832. The molecule has 1 aliphatic heterocycles. The monoisotopic (exact) mass is 345 g/mol. The van der Waals surface area contributed by atoms with E-state index in [9.17, 15) is 14.4 Å². The molecule has 1 N–H and O–H groups in total. The van der Waals surface area contributed by atoms with E-state index < -0.39 is 11.2 Å². The minimum atomic E-state index is -0.458. The standard InChI is InChI=1S/C17H23N5O3/c1-4-9-22(11-7-8-18-10-11)16(24)13-6-5-12-14(19-13)20(2)17(25)21(3)15(12)23/h5-6,11,18H,4,7-10H2,1-3H3. The van der Waals surface area contributed by atoms with Crippen LogP contribution in [0.15, 0.2) is 21.7 Å². The van der Waals surface area contributed by atoms with E-state index in [2.05, 4.69) is 10.3 Å². The van der Waals surface area contributed by atoms with Gasteiger partial charge in [-0.25, -0.2) is 9.78 Å². The number of aryl methyl sites for hydroxylation is 1. The van der Waals surface area contributed by atoms with Crippen molar-refractivity contribution in [2.24, 2.45) is 14.1 Å². The lowest BCUT2D eigenvalue weighted by Gasteiger charge is -2.28. The number of pyridine rings is 1. The number of aromatic nitrogens is 3. The molecule has 1 unspecified atom stereocenters. The first-order valence-corrected chi connectivity index (χ1v) is 8.54. The minimum Gasteiger partial charge on any atom is -0.333 e. The molecule has 25 heavy (non-hydrogen) atoms. The average Bonchev–Trinajstić information content (AvgIpc) is 3.16. The van der Waals surface area contributed by atoms with Crippen molar-refractivity contribution in [2.75, 3.05) is 19.6 Å². The Morgan fingerprint density at radius 3 is 2.72 bits per heavy atom. The van der Waals surface area contributed by atoms with Crippen molar-refractivity contribution in [2.45, 2.75) is 25.8 Å². The fraction of sp³-hybridized carbons (Fsp3) is 0.529. The largest absolute Gasteiger partial charge is 0.333 e. The first kappa shape index (κ1) is 17.3. The molecule has 1 fully saturated rings. The third-order valence-corrected chi connectivity index (χ3v) is 4.72. The van der Waals surface area contributed by atoms with E-state index in [0.29, 0.717) is 11.9 Å². The Hall–Kier alpha value is -2.48. The number of amides is 1. The summed E-state index contributed by atoms with van der Waals surface area (Å²) in [5, 5.41) is 3.60. The second kappa shape index (κ2) is 6.79. The summed E-state index contributed by atoms with van der Waals surface area (Å²) in [6.07, 6.45) is 1.77. The van der Waals surface area contributed by atoms with Gasteiger partial charge in [0.15, 0.2) is 0 Å². The van der Waals surface area contributed by atoms with Gasteiger partial charge in [-0.3, -0.25) is 18.7 Å². The molecule has 8 nitrogen and oxygen atoms in total. The Labute approximate surface area is 145 Å². The summed E-state index contributed by atoms with van der Waals surface area (Å²) in [5.74, 6) is -0.162. The van der Waals surface area contributed by atoms with Crippen molar-refractivity contribution < 1.29 is 4.79 Å². The third-order valence-electron chi connectivity index (χ3n) is 4.72. The molecule has 1 aliphatic rings. The van der Waals surface area contributed by atoms with Crippen molar-refractivity contribution in [3.05, 3.63) is 38.7 Å². The zero-order chi connectivity index (χ0) is 18.1. The molecule has 0 aromatic carbocycles. The lowest BCUT2D eigenvalue weighted by Crippen LogP contribution is -2.42. The molecule has 0 bridgehead atoms. The van der Waals surface area contributed by atoms with Crippen LogP contribution < -0.4 is 16.6 Å². The SMILES string of the molecule is CCCN(C(=O)c1ccc2c(=O)n(C)c(=O)n(C)c2n1)C1CCNC1. The van der Waals surface area contributed by atoms with E-state index in [1.165, 1.54) is 11.6 Å². The van der Waals surface area contributed by atoms with Gasteiger partial charge in [-0.2, -0.15) is 0 Å². The summed E-state index contributed by atoms with van der Waals surface area (Å²) in [6, 6.07) is 3.30. The number of rotatable bonds is 4. The van der Waals surface area contributed by atoms with Gasteiger partial charge in [0.05, 0.1) is 5.39 Å². The van der Waals surface area contributed by atoms with E-state index in [1.54, 1.807) is 19.2 Å². The van der Waals surface area contributed by atoms with Crippen molar-refractivity contribution >= 4 is 16.9 Å². The molecule has 1 atom stereocenters. The van der Waals surface area contributed by atoms with Gasteiger partial charge in [0.1, 0.15) is 11.3 Å². The molecule has 0 spiro atoms. The summed E-state index contributed by atoms with van der Waals surface area (Å²) in [5.41, 5.74) is -0.369. The van der Waals surface area contributed by atoms with Gasteiger partial charge in [0, 0.05) is 33.2 Å². The normalized spacial score (nSPS) is 17.2. The first-order valence-electron chi connectivity index (χ1n) is 8.54. The molecular formula is C17H23N5O3. The van der Waals surface area contributed by atoms with Crippen LogP contribution in [-0.4, -0.2) is 50.6 Å². The zero-order valence-electron chi connectivity index (χ0n) is 14.8. The Morgan fingerprint density at radius 2 is 2.08 bits per heavy atom. The highest BCUT2D eigenvalue weighted by Crippen LogP contribution is 2.15. The van der Waals surface area contributed by atoms with Crippen LogP contribution in [0.25, 0.3) is 11.0 Å². The van der Waals surface area contributed by atoms with Gasteiger partial charge < -0.3 is 10.2 Å². The Bertz CT molecular complexity index is 924. The summed E-state index contributed by atoms with van der Waals surface area (Å²) in [6.45, 7) is 4.36. The molecule has 2 aromatic rings. The Kier molecular flexibility index (Phi) is 4.71. The van der Waals surface area contributed by atoms with Crippen LogP contribution >= 0.6 is 0 Å². The van der Waals surface area contributed by atoms with E-state index in [-0.39, 0.29) is 23.3 Å². The van der Waals surface area contributed by atoms with Gasteiger partial charge in [-0.05, 0) is 31.5 Å². The zero-order valence-corrected chi connectivity index (χ0v) is 14.8. The smallest absolute Gasteiger partial charge is 0.332 e. The average molecular weight is 345 g/mol. The van der Waals surface area contributed by atoms with Crippen LogP contribution in [0.3, 0.4) is 0 Å². The van der Waals surface area contributed by atoms with Crippen LogP contribution in [-0.2, 0) is 14.1 Å². The van der Waals surface area contributed by atoms with Gasteiger partial charge in [0.2, 0.25) is 0 Å². The predicted octanol–water partition coefficient (Wildman–Crippen LogP) is -0.154. The number of nitrogens with one attached hydrogen (secondary N) is 1. The fourth-order valence-electron chi connectivity index (χ4n) is 3.32. The van der Waals surface area contributed by atoms with Gasteiger partial charge in [-0.15, -0.1) is 0 Å². The Balaban J connectivity index is 2.07. The molecule has 0 aliphatic carbocycles. The number of fused-ring (bicyclic) bond motifs is 1. The van der Waals surface area contributed by atoms with E-state index in [4.69, 9.17) is 0 Å². The molecule has 1 amide bonds. The van der Waals surface area contributed by atoms with Gasteiger partial charge in [0.25, 0.3) is 11.5 Å². The van der Waals surface area contributed by atoms with Crippen LogP contribution in [0.5, 0.6) is 0 Å². The van der Waals surface area contributed by atoms with Crippen LogP contribution in [0.4, 0.5) is 0 Å². The van der Waals surface area contributed by atoms with Crippen molar-refractivity contribution in [1.29, 1.82) is 0 Å². The maximum atomic E-state index is 13.0. The number of carbonyl (C=O) groups is 1. The Morgan fingerprint density at radius 1 is 1.32 bits per heavy atom. The minimum absolute atomic E-state index is 0.150.